The van der Waals surface area contributed by atoms with Crippen molar-refractivity contribution in [2.45, 2.75) is 59.4 Å². The first kappa shape index (κ1) is 18.9. The highest BCUT2D eigenvalue weighted by atomic mass is 16.4. The van der Waals surface area contributed by atoms with Gasteiger partial charge in [-0.25, -0.2) is 4.79 Å². The van der Waals surface area contributed by atoms with E-state index < -0.39 is 11.5 Å². The molecule has 0 radical (unpaired) electrons. The molecule has 5 nitrogen and oxygen atoms in total. The summed E-state index contributed by atoms with van der Waals surface area (Å²) >= 11 is 0. The first-order chi connectivity index (χ1) is 8.94. The summed E-state index contributed by atoms with van der Waals surface area (Å²) in [7, 11) is 1.55. The molecule has 0 aliphatic carbocycles. The molecule has 0 aliphatic heterocycles. The van der Waals surface area contributed by atoms with E-state index in [1.54, 1.807) is 7.05 Å². The number of nitrogens with zero attached hydrogens (tertiary/aromatic N) is 1. The lowest BCUT2D eigenvalue weighted by molar-refractivity contribution is -0.155. The van der Waals surface area contributed by atoms with Crippen molar-refractivity contribution in [3.05, 3.63) is 0 Å². The van der Waals surface area contributed by atoms with Crippen molar-refractivity contribution in [1.29, 1.82) is 0 Å². The van der Waals surface area contributed by atoms with Crippen LogP contribution in [0, 0.1) is 11.3 Å². The van der Waals surface area contributed by atoms with Gasteiger partial charge in [-0.3, -0.25) is 4.79 Å². The number of nitrogens with two attached hydrogens (primary N) is 1. The molecule has 0 aromatic rings. The molecule has 0 aromatic heterocycles. The summed E-state index contributed by atoms with van der Waals surface area (Å²) in [5.74, 6) is -0.774. The largest absolute Gasteiger partial charge is 0.480 e. The van der Waals surface area contributed by atoms with Crippen LogP contribution in [-0.2, 0) is 9.59 Å². The van der Waals surface area contributed by atoms with Crippen LogP contribution in [0.1, 0.15) is 53.9 Å². The van der Waals surface area contributed by atoms with Gasteiger partial charge in [-0.1, -0.05) is 20.8 Å². The molecule has 0 saturated heterocycles. The lowest BCUT2D eigenvalue weighted by atomic mass is 9.76. The van der Waals surface area contributed by atoms with E-state index in [0.29, 0.717) is 18.9 Å². The third kappa shape index (κ3) is 5.12. The van der Waals surface area contributed by atoms with Crippen LogP contribution >= 0.6 is 0 Å². The second kappa shape index (κ2) is 7.07. The first-order valence-corrected chi connectivity index (χ1v) is 7.14. The molecular weight excluding hydrogens is 256 g/mol. The molecule has 20 heavy (non-hydrogen) atoms. The average Bonchev–Trinajstić information content (AvgIpc) is 2.31. The summed E-state index contributed by atoms with van der Waals surface area (Å²) in [6, 6.07) is 0. The van der Waals surface area contributed by atoms with E-state index in [4.69, 9.17) is 10.8 Å². The minimum absolute atomic E-state index is 0.0978. The Morgan fingerprint density at radius 3 is 2.00 bits per heavy atom. The van der Waals surface area contributed by atoms with Crippen LogP contribution in [0.5, 0.6) is 0 Å². The van der Waals surface area contributed by atoms with Crippen LogP contribution in [-0.4, -0.2) is 41.0 Å². The van der Waals surface area contributed by atoms with Crippen LogP contribution in [0.15, 0.2) is 0 Å². The van der Waals surface area contributed by atoms with Gasteiger partial charge in [0.1, 0.15) is 5.54 Å². The summed E-state index contributed by atoms with van der Waals surface area (Å²) in [6.45, 7) is 10.1. The van der Waals surface area contributed by atoms with Gasteiger partial charge in [-0.2, -0.15) is 0 Å². The Hall–Kier alpha value is -1.10. The molecule has 1 atom stereocenters. The van der Waals surface area contributed by atoms with Crippen molar-refractivity contribution >= 4 is 11.9 Å². The zero-order valence-electron chi connectivity index (χ0n) is 13.7. The minimum Gasteiger partial charge on any atom is -0.480 e. The average molecular weight is 286 g/mol. The zero-order valence-corrected chi connectivity index (χ0v) is 13.7. The second-order valence-electron chi connectivity index (χ2n) is 7.00. The van der Waals surface area contributed by atoms with Crippen LogP contribution in [0.2, 0.25) is 0 Å². The number of amides is 1. The molecule has 0 fully saturated rings. The number of aliphatic carboxylic acids is 1. The predicted octanol–water partition coefficient (Wildman–Crippen LogP) is 2.10. The highest BCUT2D eigenvalue weighted by Gasteiger charge is 2.35. The Kier molecular flexibility index (Phi) is 6.68. The fourth-order valence-electron chi connectivity index (χ4n) is 2.13. The number of rotatable bonds is 7. The number of carboxylic acids is 1. The van der Waals surface area contributed by atoms with E-state index in [1.165, 1.54) is 18.7 Å². The Labute approximate surface area is 122 Å². The quantitative estimate of drug-likeness (QED) is 0.750. The van der Waals surface area contributed by atoms with E-state index in [2.05, 4.69) is 20.8 Å². The molecule has 5 heteroatoms. The van der Waals surface area contributed by atoms with E-state index in [-0.39, 0.29) is 11.3 Å². The SMILES string of the molecule is CN(C(=O)CCC(CCN)C(C)(C)C)C(C)(C)C(=O)O. The van der Waals surface area contributed by atoms with Crippen molar-refractivity contribution in [1.82, 2.24) is 4.90 Å². The topological polar surface area (TPSA) is 83.6 Å². The monoisotopic (exact) mass is 286 g/mol. The standard InChI is InChI=1S/C15H30N2O3/c1-14(2,3)11(9-10-16)7-8-12(18)17(6)15(4,5)13(19)20/h11H,7-10,16H2,1-6H3,(H,19,20). The van der Waals surface area contributed by atoms with Gasteiger partial charge < -0.3 is 15.7 Å². The maximum absolute atomic E-state index is 12.2. The molecule has 0 saturated carbocycles. The fourth-order valence-corrected chi connectivity index (χ4v) is 2.13. The molecular formula is C15H30N2O3. The third-order valence-electron chi connectivity index (χ3n) is 4.18. The highest BCUT2D eigenvalue weighted by molar-refractivity contribution is 5.86. The maximum Gasteiger partial charge on any atom is 0.329 e. The summed E-state index contributed by atoms with van der Waals surface area (Å²) in [4.78, 5) is 24.6. The lowest BCUT2D eigenvalue weighted by Crippen LogP contribution is -2.50. The van der Waals surface area contributed by atoms with Gasteiger partial charge in [0.2, 0.25) is 5.91 Å². The van der Waals surface area contributed by atoms with E-state index in [9.17, 15) is 9.59 Å². The molecule has 0 rings (SSSR count). The van der Waals surface area contributed by atoms with Gasteiger partial charge in [0.25, 0.3) is 0 Å². The molecule has 118 valence electrons. The predicted molar refractivity (Wildman–Crippen MR) is 80.3 cm³/mol. The van der Waals surface area contributed by atoms with Crippen molar-refractivity contribution in [3.8, 4) is 0 Å². The molecule has 0 heterocycles. The van der Waals surface area contributed by atoms with Crippen LogP contribution in [0.4, 0.5) is 0 Å². The van der Waals surface area contributed by atoms with Gasteiger partial charge in [0, 0.05) is 13.5 Å². The summed E-state index contributed by atoms with van der Waals surface area (Å²) < 4.78 is 0. The van der Waals surface area contributed by atoms with Crippen molar-refractivity contribution in [2.75, 3.05) is 13.6 Å². The van der Waals surface area contributed by atoms with E-state index in [1.807, 2.05) is 0 Å². The van der Waals surface area contributed by atoms with Gasteiger partial charge in [-0.15, -0.1) is 0 Å². The lowest BCUT2D eigenvalue weighted by Gasteiger charge is -2.34. The molecule has 1 amide bonds. The normalized spacial score (nSPS) is 13.9. The number of hydrogen-bond acceptors (Lipinski definition) is 3. The number of carbonyl (C=O) groups is 2. The molecule has 1 unspecified atom stereocenters. The smallest absolute Gasteiger partial charge is 0.329 e. The van der Waals surface area contributed by atoms with Crippen molar-refractivity contribution in [2.24, 2.45) is 17.1 Å². The van der Waals surface area contributed by atoms with Crippen LogP contribution in [0.25, 0.3) is 0 Å². The van der Waals surface area contributed by atoms with Crippen LogP contribution in [0.3, 0.4) is 0 Å². The van der Waals surface area contributed by atoms with Gasteiger partial charge in [0.05, 0.1) is 0 Å². The van der Waals surface area contributed by atoms with Gasteiger partial charge in [-0.05, 0) is 44.6 Å². The first-order valence-electron chi connectivity index (χ1n) is 7.14. The number of carboxylic acid groups (broad SMARTS) is 1. The molecule has 3 N–H and O–H groups in total. The number of hydrogen-bond donors (Lipinski definition) is 2. The summed E-state index contributed by atoms with van der Waals surface area (Å²) in [5.41, 5.74) is 4.55. The third-order valence-corrected chi connectivity index (χ3v) is 4.18. The van der Waals surface area contributed by atoms with Crippen molar-refractivity contribution in [3.63, 3.8) is 0 Å². The minimum atomic E-state index is -1.18. The maximum atomic E-state index is 12.2. The molecule has 0 bridgehead atoms. The molecule has 0 aliphatic rings. The number of carbonyl (C=O) groups excluding carboxylic acids is 1. The van der Waals surface area contributed by atoms with Crippen LogP contribution < -0.4 is 5.73 Å². The Morgan fingerprint density at radius 2 is 1.65 bits per heavy atom. The van der Waals surface area contributed by atoms with E-state index >= 15 is 0 Å². The molecule has 0 spiro atoms. The Morgan fingerprint density at radius 1 is 1.15 bits per heavy atom. The number of likely N-dealkylation sites (N-methyl/N-ethyl adjacent to an activating group) is 1. The van der Waals surface area contributed by atoms with Gasteiger partial charge in [0.15, 0.2) is 0 Å². The summed E-state index contributed by atoms with van der Waals surface area (Å²) in [5, 5.41) is 9.14. The second-order valence-corrected chi connectivity index (χ2v) is 7.00. The Bertz CT molecular complexity index is 346. The molecule has 0 aromatic carbocycles. The fraction of sp³-hybridized carbons (Fsp3) is 0.867. The van der Waals surface area contributed by atoms with Gasteiger partial charge >= 0.3 is 5.97 Å². The Balaban J connectivity index is 4.65. The van der Waals surface area contributed by atoms with E-state index in [0.717, 1.165) is 12.8 Å². The van der Waals surface area contributed by atoms with Crippen molar-refractivity contribution < 1.29 is 14.7 Å². The summed E-state index contributed by atoms with van der Waals surface area (Å²) in [6.07, 6.45) is 1.97. The highest BCUT2D eigenvalue weighted by Crippen LogP contribution is 2.32. The zero-order chi connectivity index (χ0) is 16.1.